The maximum Gasteiger partial charge on any atom is 0.254 e. The van der Waals surface area contributed by atoms with Crippen LogP contribution in [0.4, 0.5) is 0 Å². The van der Waals surface area contributed by atoms with Gasteiger partial charge in [-0.2, -0.15) is 0 Å². The highest BCUT2D eigenvalue weighted by Crippen LogP contribution is 2.25. The Kier molecular flexibility index (Phi) is 5.55. The number of benzene rings is 2. The molecule has 0 bridgehead atoms. The molecule has 156 valence electrons. The van der Waals surface area contributed by atoms with E-state index in [0.717, 1.165) is 23.2 Å². The van der Waals surface area contributed by atoms with Gasteiger partial charge in [-0.1, -0.05) is 12.1 Å². The van der Waals surface area contributed by atoms with Crippen LogP contribution in [-0.4, -0.2) is 61.3 Å². The first-order valence-electron chi connectivity index (χ1n) is 10.2. The first-order valence-corrected chi connectivity index (χ1v) is 10.2. The third kappa shape index (κ3) is 3.93. The minimum atomic E-state index is -0.106. The van der Waals surface area contributed by atoms with Gasteiger partial charge in [0.15, 0.2) is 0 Å². The first-order chi connectivity index (χ1) is 14.4. The molecule has 2 heterocycles. The summed E-state index contributed by atoms with van der Waals surface area (Å²) in [4.78, 5) is 41.4. The summed E-state index contributed by atoms with van der Waals surface area (Å²) in [7, 11) is 3.93. The Bertz CT molecular complexity index is 1020. The van der Waals surface area contributed by atoms with E-state index in [2.05, 4.69) is 10.6 Å². The fourth-order valence-electron chi connectivity index (χ4n) is 4.00. The molecule has 7 heteroatoms. The minimum absolute atomic E-state index is 0.0781. The molecule has 0 fully saturated rings. The zero-order chi connectivity index (χ0) is 21.3. The first kappa shape index (κ1) is 20.1. The molecule has 0 saturated heterocycles. The highest BCUT2D eigenvalue weighted by molar-refractivity contribution is 6.01. The summed E-state index contributed by atoms with van der Waals surface area (Å²) in [6.07, 6.45) is 0.713. The van der Waals surface area contributed by atoms with E-state index in [0.29, 0.717) is 49.3 Å². The number of carbonyl (C=O) groups is 3. The molecule has 2 aliphatic heterocycles. The molecule has 0 spiro atoms. The molecule has 0 radical (unpaired) electrons. The van der Waals surface area contributed by atoms with Gasteiger partial charge in [0.2, 0.25) is 0 Å². The van der Waals surface area contributed by atoms with Crippen molar-refractivity contribution in [2.45, 2.75) is 19.5 Å². The number of rotatable bonds is 5. The lowest BCUT2D eigenvalue weighted by Crippen LogP contribution is -2.38. The number of likely N-dealkylation sites (N-methyl/N-ethyl adjacent to an activating group) is 1. The highest BCUT2D eigenvalue weighted by atomic mass is 16.2. The summed E-state index contributed by atoms with van der Waals surface area (Å²) < 4.78 is 0. The Morgan fingerprint density at radius 1 is 1.17 bits per heavy atom. The Morgan fingerprint density at radius 3 is 2.80 bits per heavy atom. The zero-order valence-electron chi connectivity index (χ0n) is 17.3. The number of hydrogen-bond acceptors (Lipinski definition) is 4. The number of nitrogens with zero attached hydrogens (tertiary/aromatic N) is 2. The number of nitrogens with one attached hydrogen (secondary N) is 2. The van der Waals surface area contributed by atoms with Crippen molar-refractivity contribution in [3.05, 3.63) is 69.8 Å². The molecule has 0 saturated carbocycles. The predicted octanol–water partition coefficient (Wildman–Crippen LogP) is 1.42. The van der Waals surface area contributed by atoms with E-state index in [-0.39, 0.29) is 17.7 Å². The average Bonchev–Trinajstić information content (AvgIpc) is 3.12. The fourth-order valence-corrected chi connectivity index (χ4v) is 4.00. The van der Waals surface area contributed by atoms with Crippen LogP contribution >= 0.6 is 0 Å². The topological polar surface area (TPSA) is 81.8 Å². The van der Waals surface area contributed by atoms with E-state index >= 15 is 0 Å². The zero-order valence-corrected chi connectivity index (χ0v) is 17.3. The lowest BCUT2D eigenvalue weighted by Gasteiger charge is -2.30. The van der Waals surface area contributed by atoms with Crippen molar-refractivity contribution in [2.75, 3.05) is 33.7 Å². The van der Waals surface area contributed by atoms with Crippen LogP contribution in [0.2, 0.25) is 0 Å². The summed E-state index contributed by atoms with van der Waals surface area (Å²) in [6.45, 7) is 2.79. The van der Waals surface area contributed by atoms with Crippen molar-refractivity contribution in [3.63, 3.8) is 0 Å². The predicted molar refractivity (Wildman–Crippen MR) is 113 cm³/mol. The maximum absolute atomic E-state index is 13.1. The molecule has 2 aliphatic rings. The Labute approximate surface area is 176 Å². The second-order valence-electron chi connectivity index (χ2n) is 8.03. The number of amides is 3. The third-order valence-electron chi connectivity index (χ3n) is 5.69. The normalized spacial score (nSPS) is 14.9. The molecule has 3 amide bonds. The van der Waals surface area contributed by atoms with Crippen molar-refractivity contribution in [1.82, 2.24) is 20.4 Å². The van der Waals surface area contributed by atoms with E-state index < -0.39 is 0 Å². The van der Waals surface area contributed by atoms with Gasteiger partial charge < -0.3 is 20.4 Å². The second-order valence-corrected chi connectivity index (χ2v) is 8.03. The molecule has 0 atom stereocenters. The standard InChI is InChI=1S/C23H26N4O3/c1-26(2)11-9-24-22(29)19-5-3-4-15-8-10-27(14-20(15)19)23(30)16-6-7-18-17(12-16)13-25-21(18)28/h3-7,12H,8-11,13-14H2,1-2H3,(H,24,29)(H,25,28). The van der Waals surface area contributed by atoms with Crippen LogP contribution in [0, 0.1) is 0 Å². The highest BCUT2D eigenvalue weighted by Gasteiger charge is 2.27. The SMILES string of the molecule is CN(C)CCNC(=O)c1cccc2c1CN(C(=O)c1ccc3c(c1)CNC3=O)CC2. The van der Waals surface area contributed by atoms with E-state index in [1.807, 2.05) is 37.2 Å². The molecule has 2 aromatic rings. The lowest BCUT2D eigenvalue weighted by molar-refractivity contribution is 0.0731. The summed E-state index contributed by atoms with van der Waals surface area (Å²) in [5.74, 6) is -0.281. The van der Waals surface area contributed by atoms with Gasteiger partial charge in [0.25, 0.3) is 17.7 Å². The molecule has 0 aromatic heterocycles. The minimum Gasteiger partial charge on any atom is -0.351 e. The van der Waals surface area contributed by atoms with E-state index in [4.69, 9.17) is 0 Å². The Hall–Kier alpha value is -3.19. The van der Waals surface area contributed by atoms with Crippen molar-refractivity contribution >= 4 is 17.7 Å². The third-order valence-corrected chi connectivity index (χ3v) is 5.69. The Morgan fingerprint density at radius 2 is 2.00 bits per heavy atom. The van der Waals surface area contributed by atoms with Gasteiger partial charge in [0, 0.05) is 49.4 Å². The van der Waals surface area contributed by atoms with Gasteiger partial charge in [0.05, 0.1) is 0 Å². The van der Waals surface area contributed by atoms with Crippen molar-refractivity contribution in [1.29, 1.82) is 0 Å². The van der Waals surface area contributed by atoms with Crippen LogP contribution in [0.25, 0.3) is 0 Å². The number of fused-ring (bicyclic) bond motifs is 2. The van der Waals surface area contributed by atoms with E-state index in [1.165, 1.54) is 0 Å². The second kappa shape index (κ2) is 8.28. The average molecular weight is 406 g/mol. The smallest absolute Gasteiger partial charge is 0.254 e. The molecule has 2 aromatic carbocycles. The summed E-state index contributed by atoms with van der Waals surface area (Å²) >= 11 is 0. The van der Waals surface area contributed by atoms with E-state index in [9.17, 15) is 14.4 Å². The van der Waals surface area contributed by atoms with Crippen molar-refractivity contribution < 1.29 is 14.4 Å². The summed E-state index contributed by atoms with van der Waals surface area (Å²) in [5.41, 5.74) is 4.71. The molecule has 7 nitrogen and oxygen atoms in total. The molecule has 2 N–H and O–H groups in total. The molecular formula is C23H26N4O3. The van der Waals surface area contributed by atoms with Gasteiger partial charge in [-0.05, 0) is 61.5 Å². The monoisotopic (exact) mass is 406 g/mol. The molecule has 0 unspecified atom stereocenters. The lowest BCUT2D eigenvalue weighted by atomic mass is 9.93. The fraction of sp³-hybridized carbons (Fsp3) is 0.348. The molecule has 0 aliphatic carbocycles. The van der Waals surface area contributed by atoms with E-state index in [1.54, 1.807) is 23.1 Å². The van der Waals surface area contributed by atoms with Crippen LogP contribution < -0.4 is 10.6 Å². The summed E-state index contributed by atoms with van der Waals surface area (Å²) in [5, 5.41) is 5.74. The van der Waals surface area contributed by atoms with Gasteiger partial charge in [-0.25, -0.2) is 0 Å². The van der Waals surface area contributed by atoms with Crippen LogP contribution in [-0.2, 0) is 19.5 Å². The quantitative estimate of drug-likeness (QED) is 0.787. The number of carbonyl (C=O) groups excluding carboxylic acids is 3. The Balaban J connectivity index is 1.52. The van der Waals surface area contributed by atoms with Gasteiger partial charge in [-0.3, -0.25) is 14.4 Å². The van der Waals surface area contributed by atoms with Crippen LogP contribution in [0.15, 0.2) is 36.4 Å². The van der Waals surface area contributed by atoms with Gasteiger partial charge in [0.1, 0.15) is 0 Å². The van der Waals surface area contributed by atoms with Gasteiger partial charge in [-0.15, -0.1) is 0 Å². The maximum atomic E-state index is 13.1. The number of hydrogen-bond donors (Lipinski definition) is 2. The molecule has 4 rings (SSSR count). The van der Waals surface area contributed by atoms with Crippen LogP contribution in [0.1, 0.15) is 47.8 Å². The molecule has 30 heavy (non-hydrogen) atoms. The van der Waals surface area contributed by atoms with Crippen LogP contribution in [0.3, 0.4) is 0 Å². The largest absolute Gasteiger partial charge is 0.351 e. The van der Waals surface area contributed by atoms with Gasteiger partial charge >= 0.3 is 0 Å². The summed E-state index contributed by atoms with van der Waals surface area (Å²) in [6, 6.07) is 11.0. The van der Waals surface area contributed by atoms with Crippen LogP contribution in [0.5, 0.6) is 0 Å². The van der Waals surface area contributed by atoms with Crippen molar-refractivity contribution in [2.24, 2.45) is 0 Å². The molecular weight excluding hydrogens is 380 g/mol. The van der Waals surface area contributed by atoms with Crippen molar-refractivity contribution in [3.8, 4) is 0 Å².